The van der Waals surface area contributed by atoms with Gasteiger partial charge in [0.1, 0.15) is 0 Å². The van der Waals surface area contributed by atoms with E-state index in [9.17, 15) is 19.8 Å². The number of aliphatic hydroxyl groups is 2. The molecule has 2 N–H and O–H groups in total. The lowest BCUT2D eigenvalue weighted by Crippen LogP contribution is -2.68. The Morgan fingerprint density at radius 3 is 1.64 bits per heavy atom. The van der Waals surface area contributed by atoms with Crippen LogP contribution in [0, 0.1) is 52.3 Å². The van der Waals surface area contributed by atoms with E-state index in [1.54, 1.807) is 0 Å². The van der Waals surface area contributed by atoms with Gasteiger partial charge in [0.05, 0.1) is 23.5 Å². The molecular formula is C45H72O7Si. The van der Waals surface area contributed by atoms with Crippen molar-refractivity contribution in [1.82, 2.24) is 0 Å². The lowest BCUT2D eigenvalue weighted by molar-refractivity contribution is -0.163. The van der Waals surface area contributed by atoms with Gasteiger partial charge in [-0.15, -0.1) is 0 Å². The van der Waals surface area contributed by atoms with E-state index >= 15 is 0 Å². The van der Waals surface area contributed by atoms with Crippen molar-refractivity contribution in [3.05, 3.63) is 60.7 Å². The van der Waals surface area contributed by atoms with Crippen LogP contribution in [0.25, 0.3) is 0 Å². The summed E-state index contributed by atoms with van der Waals surface area (Å²) in [6.45, 7) is 26.5. The van der Waals surface area contributed by atoms with Gasteiger partial charge in [-0.1, -0.05) is 102 Å². The highest BCUT2D eigenvalue weighted by molar-refractivity contribution is 6.99. The van der Waals surface area contributed by atoms with Crippen LogP contribution < -0.4 is 10.4 Å². The number of ether oxygens (including phenoxy) is 2. The maximum atomic E-state index is 13.3. The van der Waals surface area contributed by atoms with E-state index in [0.29, 0.717) is 19.3 Å². The molecule has 1 aliphatic carbocycles. The Hall–Kier alpha value is -2.52. The van der Waals surface area contributed by atoms with Gasteiger partial charge in [0.25, 0.3) is 8.32 Å². The van der Waals surface area contributed by atoms with Crippen molar-refractivity contribution in [3.63, 3.8) is 0 Å². The molecule has 0 amide bonds. The zero-order valence-corrected chi connectivity index (χ0v) is 36.1. The molecule has 0 saturated heterocycles. The highest BCUT2D eigenvalue weighted by Crippen LogP contribution is 2.50. The summed E-state index contributed by atoms with van der Waals surface area (Å²) < 4.78 is 20.1. The molecule has 8 atom stereocenters. The van der Waals surface area contributed by atoms with E-state index in [0.717, 1.165) is 0 Å². The Morgan fingerprint density at radius 1 is 0.736 bits per heavy atom. The van der Waals surface area contributed by atoms with E-state index < -0.39 is 25.3 Å². The highest BCUT2D eigenvalue weighted by Gasteiger charge is 2.54. The molecule has 1 unspecified atom stereocenters. The van der Waals surface area contributed by atoms with Gasteiger partial charge in [-0.3, -0.25) is 9.59 Å². The summed E-state index contributed by atoms with van der Waals surface area (Å²) in [7, 11) is -2.96. The summed E-state index contributed by atoms with van der Waals surface area (Å²) in [5, 5.41) is 24.0. The molecule has 7 nitrogen and oxygen atoms in total. The molecule has 0 heterocycles. The van der Waals surface area contributed by atoms with Gasteiger partial charge in [0, 0.05) is 19.3 Å². The minimum Gasteiger partial charge on any atom is -0.465 e. The predicted molar refractivity (Wildman–Crippen MR) is 217 cm³/mol. The number of hydrogen-bond donors (Lipinski definition) is 2. The Morgan fingerprint density at radius 2 is 1.23 bits per heavy atom. The number of rotatable bonds is 15. The fraction of sp³-hybridized carbons (Fsp3) is 0.689. The fourth-order valence-corrected chi connectivity index (χ4v) is 13.3. The molecule has 53 heavy (non-hydrogen) atoms. The van der Waals surface area contributed by atoms with E-state index in [2.05, 4.69) is 102 Å². The molecule has 1 aliphatic rings. The van der Waals surface area contributed by atoms with Gasteiger partial charge in [-0.25, -0.2) is 0 Å². The summed E-state index contributed by atoms with van der Waals surface area (Å²) in [6, 6.07) is 21.3. The van der Waals surface area contributed by atoms with Crippen molar-refractivity contribution in [2.45, 2.75) is 127 Å². The van der Waals surface area contributed by atoms with Crippen LogP contribution in [-0.4, -0.2) is 62.5 Å². The first-order valence-electron chi connectivity index (χ1n) is 20.0. The smallest absolute Gasteiger partial charge is 0.311 e. The Bertz CT molecular complexity index is 1380. The van der Waals surface area contributed by atoms with Gasteiger partial charge in [0.2, 0.25) is 0 Å². The van der Waals surface area contributed by atoms with Crippen LogP contribution in [0.4, 0.5) is 0 Å². The second-order valence-corrected chi connectivity index (χ2v) is 23.6. The van der Waals surface area contributed by atoms with Gasteiger partial charge >= 0.3 is 11.9 Å². The molecule has 0 radical (unpaired) electrons. The van der Waals surface area contributed by atoms with E-state index in [1.165, 1.54) is 10.4 Å². The van der Waals surface area contributed by atoms with Crippen LogP contribution in [0.15, 0.2) is 60.7 Å². The largest absolute Gasteiger partial charge is 0.465 e. The maximum absolute atomic E-state index is 13.3. The standard InChI is InChI=1S/C45H72O7Si/c1-30(2)39(28-47)37(24-32(4)51-42(49)44(8,9)10)38-26-33(25-36(31(3)27-46)40(38)29-50-41(48)43(5,6)7)52-53(45(11,12)13,34-20-16-14-17-21-34)35-22-18-15-19-23-35/h14-23,30-33,36-40,46-47H,24-29H2,1-13H3/t31-,32?,33-,36+,37-,38-,39-,40-/m1/s1. The molecule has 0 spiro atoms. The number of carbonyl (C=O) groups excluding carboxylic acids is 2. The monoisotopic (exact) mass is 753 g/mol. The Balaban J connectivity index is 2.26. The molecule has 1 fully saturated rings. The minimum atomic E-state index is -2.96. The first-order valence-corrected chi connectivity index (χ1v) is 21.9. The van der Waals surface area contributed by atoms with Crippen LogP contribution in [0.2, 0.25) is 5.04 Å². The molecule has 1 saturated carbocycles. The summed E-state index contributed by atoms with van der Waals surface area (Å²) in [5.41, 5.74) is -1.32. The van der Waals surface area contributed by atoms with Crippen molar-refractivity contribution >= 4 is 30.6 Å². The van der Waals surface area contributed by atoms with Gasteiger partial charge < -0.3 is 24.1 Å². The number of carbonyl (C=O) groups is 2. The van der Waals surface area contributed by atoms with Gasteiger partial charge in [-0.05, 0) is 125 Å². The van der Waals surface area contributed by atoms with Crippen LogP contribution in [-0.2, 0) is 23.5 Å². The van der Waals surface area contributed by atoms with Crippen molar-refractivity contribution in [3.8, 4) is 0 Å². The van der Waals surface area contributed by atoms with Crippen molar-refractivity contribution in [2.24, 2.45) is 52.3 Å². The van der Waals surface area contributed by atoms with Crippen LogP contribution in [0.5, 0.6) is 0 Å². The number of aliphatic hydroxyl groups excluding tert-OH is 2. The summed E-state index contributed by atoms with van der Waals surface area (Å²) in [5.74, 6) is -0.856. The topological polar surface area (TPSA) is 102 Å². The Kier molecular flexibility index (Phi) is 15.6. The first-order chi connectivity index (χ1) is 24.6. The summed E-state index contributed by atoms with van der Waals surface area (Å²) in [4.78, 5) is 26.4. The first kappa shape index (κ1) is 44.9. The second kappa shape index (κ2) is 18.4. The summed E-state index contributed by atoms with van der Waals surface area (Å²) >= 11 is 0. The average Bonchev–Trinajstić information content (AvgIpc) is 3.08. The maximum Gasteiger partial charge on any atom is 0.311 e. The van der Waals surface area contributed by atoms with Crippen LogP contribution in [0.3, 0.4) is 0 Å². The predicted octanol–water partition coefficient (Wildman–Crippen LogP) is 8.04. The van der Waals surface area contributed by atoms with Crippen molar-refractivity contribution in [1.29, 1.82) is 0 Å². The lowest BCUT2D eigenvalue weighted by Gasteiger charge is -2.52. The number of hydrogen-bond acceptors (Lipinski definition) is 7. The molecular weight excluding hydrogens is 681 g/mol. The van der Waals surface area contributed by atoms with Crippen LogP contribution in [0.1, 0.15) is 109 Å². The molecule has 8 heteroatoms. The minimum absolute atomic E-state index is 0.00902. The van der Waals surface area contributed by atoms with E-state index in [1.807, 2.05) is 48.5 Å². The number of esters is 2. The van der Waals surface area contributed by atoms with Crippen molar-refractivity contribution < 1.29 is 33.7 Å². The third-order valence-electron chi connectivity index (χ3n) is 11.7. The zero-order valence-electron chi connectivity index (χ0n) is 35.1. The zero-order chi connectivity index (χ0) is 39.9. The third kappa shape index (κ3) is 11.0. The molecule has 0 bridgehead atoms. The van der Waals surface area contributed by atoms with Gasteiger partial charge in [0.15, 0.2) is 0 Å². The molecule has 0 aromatic heterocycles. The van der Waals surface area contributed by atoms with E-state index in [4.69, 9.17) is 13.9 Å². The van der Waals surface area contributed by atoms with Crippen molar-refractivity contribution in [2.75, 3.05) is 19.8 Å². The normalized spacial score (nSPS) is 22.5. The average molecular weight is 753 g/mol. The highest BCUT2D eigenvalue weighted by atomic mass is 28.4. The van der Waals surface area contributed by atoms with E-state index in [-0.39, 0.29) is 84.3 Å². The molecule has 298 valence electrons. The van der Waals surface area contributed by atoms with Gasteiger partial charge in [-0.2, -0.15) is 0 Å². The fourth-order valence-electron chi connectivity index (χ4n) is 8.62. The second-order valence-electron chi connectivity index (χ2n) is 19.3. The third-order valence-corrected chi connectivity index (χ3v) is 16.8. The Labute approximate surface area is 322 Å². The quantitative estimate of drug-likeness (QED) is 0.140. The molecule has 2 aromatic rings. The summed E-state index contributed by atoms with van der Waals surface area (Å²) in [6.07, 6.45) is 1.36. The molecule has 3 rings (SSSR count). The number of benzene rings is 2. The molecule has 0 aliphatic heterocycles. The molecule has 2 aromatic carbocycles. The van der Waals surface area contributed by atoms with Crippen LogP contribution >= 0.6 is 0 Å². The SMILES string of the molecule is CC(C[C@H]([C@H]1C[C@H](O[Si](c2ccccc2)(c2ccccc2)C(C)(C)C)C[C@@H]([C@H](C)CO)[C@H]1COC(=O)C(C)(C)C)[C@H](CO)C(C)C)OC(=O)C(C)(C)C. The lowest BCUT2D eigenvalue weighted by atomic mass is 9.59.